The second-order valence-electron chi connectivity index (χ2n) is 4.86. The average molecular weight is 245 g/mol. The summed E-state index contributed by atoms with van der Waals surface area (Å²) in [4.78, 5) is 4.66. The van der Waals surface area contributed by atoms with Gasteiger partial charge in [-0.2, -0.15) is 0 Å². The number of nitrogen functional groups attached to an aromatic ring is 1. The van der Waals surface area contributed by atoms with Crippen LogP contribution in [0.4, 0.5) is 5.82 Å². The molecule has 0 radical (unpaired) electrons. The van der Waals surface area contributed by atoms with Crippen molar-refractivity contribution in [1.29, 1.82) is 0 Å². The molecule has 0 aliphatic rings. The molecule has 0 aliphatic heterocycles. The Kier molecular flexibility index (Phi) is 4.24. The fraction of sp³-hybridized carbons (Fsp3) is 0.533. The van der Waals surface area contributed by atoms with E-state index in [0.717, 1.165) is 36.4 Å². The number of rotatable bonds is 6. The number of unbranched alkanes of at least 4 members (excludes halogenated alkanes) is 2. The van der Waals surface area contributed by atoms with E-state index in [2.05, 4.69) is 35.4 Å². The minimum absolute atomic E-state index is 0.838. The summed E-state index contributed by atoms with van der Waals surface area (Å²) in [6.45, 7) is 4.40. The van der Waals surface area contributed by atoms with Gasteiger partial charge in [-0.15, -0.1) is 0 Å². The normalized spacial score (nSPS) is 11.2. The van der Waals surface area contributed by atoms with E-state index in [1.54, 1.807) is 0 Å². The van der Waals surface area contributed by atoms with E-state index < -0.39 is 0 Å². The van der Waals surface area contributed by atoms with E-state index in [0.29, 0.717) is 0 Å². The quantitative estimate of drug-likeness (QED) is 0.790. The summed E-state index contributed by atoms with van der Waals surface area (Å²) in [6, 6.07) is 6.26. The van der Waals surface area contributed by atoms with Gasteiger partial charge in [0.1, 0.15) is 11.5 Å². The fourth-order valence-corrected chi connectivity index (χ4v) is 2.41. The molecule has 0 fully saturated rings. The summed E-state index contributed by atoms with van der Waals surface area (Å²) >= 11 is 0. The smallest absolute Gasteiger partial charge is 0.138 e. The lowest BCUT2D eigenvalue weighted by molar-refractivity contribution is 0.711. The zero-order valence-corrected chi connectivity index (χ0v) is 11.4. The van der Waals surface area contributed by atoms with Crippen molar-refractivity contribution < 1.29 is 0 Å². The van der Waals surface area contributed by atoms with E-state index in [4.69, 9.17) is 5.73 Å². The van der Waals surface area contributed by atoms with Crippen LogP contribution in [0.1, 0.15) is 50.9 Å². The van der Waals surface area contributed by atoms with Crippen LogP contribution in [0, 0.1) is 0 Å². The monoisotopic (exact) mass is 245 g/mol. The van der Waals surface area contributed by atoms with Gasteiger partial charge in [0.25, 0.3) is 0 Å². The van der Waals surface area contributed by atoms with Crippen molar-refractivity contribution >= 4 is 11.5 Å². The van der Waals surface area contributed by atoms with Gasteiger partial charge in [-0.25, -0.2) is 4.98 Å². The Labute approximate surface area is 109 Å². The maximum Gasteiger partial charge on any atom is 0.138 e. The number of nitrogens with two attached hydrogens (primary N) is 1. The van der Waals surface area contributed by atoms with Crippen LogP contribution in [0.3, 0.4) is 0 Å². The van der Waals surface area contributed by atoms with Gasteiger partial charge < -0.3 is 5.73 Å². The Hall–Kier alpha value is -1.51. The van der Waals surface area contributed by atoms with Crippen molar-refractivity contribution in [2.24, 2.45) is 0 Å². The third-order valence-electron chi connectivity index (χ3n) is 3.36. The molecule has 2 aromatic heterocycles. The summed E-state index contributed by atoms with van der Waals surface area (Å²) in [6.07, 6.45) is 6.82. The summed E-state index contributed by atoms with van der Waals surface area (Å²) < 4.78 is 2.12. The summed E-state index contributed by atoms with van der Waals surface area (Å²) in [7, 11) is 0. The highest BCUT2D eigenvalue weighted by Gasteiger charge is 2.11. The fourth-order valence-electron chi connectivity index (χ4n) is 2.41. The molecule has 2 N–H and O–H groups in total. The molecule has 0 atom stereocenters. The molecule has 0 aliphatic carbocycles. The summed E-state index contributed by atoms with van der Waals surface area (Å²) in [5, 5.41) is 0. The van der Waals surface area contributed by atoms with Crippen molar-refractivity contribution in [3.63, 3.8) is 0 Å². The molecular formula is C15H23N3. The standard InChI is InChI=1S/C15H23N3/c1-3-5-6-10-13-15(16)18-12(8-4-2)9-7-11-14(18)17-13/h7,9,11H,3-6,8,10,16H2,1-2H3. The first-order valence-corrected chi connectivity index (χ1v) is 7.02. The molecule has 0 bridgehead atoms. The highest BCUT2D eigenvalue weighted by atomic mass is 15.1. The molecule has 0 amide bonds. The van der Waals surface area contributed by atoms with Crippen molar-refractivity contribution in [3.8, 4) is 0 Å². The zero-order chi connectivity index (χ0) is 13.0. The van der Waals surface area contributed by atoms with Gasteiger partial charge in [0, 0.05) is 5.69 Å². The summed E-state index contributed by atoms with van der Waals surface area (Å²) in [5.41, 5.74) is 9.57. The Morgan fingerprint density at radius 1 is 1.11 bits per heavy atom. The zero-order valence-electron chi connectivity index (χ0n) is 11.4. The van der Waals surface area contributed by atoms with Gasteiger partial charge in [0.15, 0.2) is 0 Å². The average Bonchev–Trinajstić information content (AvgIpc) is 2.68. The van der Waals surface area contributed by atoms with E-state index in [1.807, 2.05) is 6.07 Å². The lowest BCUT2D eigenvalue weighted by Gasteiger charge is -2.05. The molecule has 3 heteroatoms. The number of fused-ring (bicyclic) bond motifs is 1. The molecule has 2 aromatic rings. The number of hydrogen-bond donors (Lipinski definition) is 1. The third kappa shape index (κ3) is 2.50. The topological polar surface area (TPSA) is 43.3 Å². The number of anilines is 1. The predicted molar refractivity (Wildman–Crippen MR) is 76.8 cm³/mol. The van der Waals surface area contributed by atoms with Crippen LogP contribution in [-0.4, -0.2) is 9.38 Å². The first-order chi connectivity index (χ1) is 8.77. The number of imidazole rings is 1. The van der Waals surface area contributed by atoms with Crippen LogP contribution in [0.15, 0.2) is 18.2 Å². The lowest BCUT2D eigenvalue weighted by Crippen LogP contribution is -2.01. The number of aromatic nitrogens is 2. The van der Waals surface area contributed by atoms with Crippen LogP contribution in [0.25, 0.3) is 5.65 Å². The van der Waals surface area contributed by atoms with E-state index in [-0.39, 0.29) is 0 Å². The van der Waals surface area contributed by atoms with Crippen LogP contribution >= 0.6 is 0 Å². The molecule has 0 unspecified atom stereocenters. The van der Waals surface area contributed by atoms with Gasteiger partial charge in [-0.3, -0.25) is 4.40 Å². The number of nitrogens with zero attached hydrogens (tertiary/aromatic N) is 2. The van der Waals surface area contributed by atoms with E-state index in [9.17, 15) is 0 Å². The molecular weight excluding hydrogens is 222 g/mol. The van der Waals surface area contributed by atoms with Crippen LogP contribution in [0.5, 0.6) is 0 Å². The van der Waals surface area contributed by atoms with Gasteiger partial charge in [-0.1, -0.05) is 39.2 Å². The van der Waals surface area contributed by atoms with Gasteiger partial charge in [-0.05, 0) is 31.4 Å². The molecule has 0 saturated heterocycles. The van der Waals surface area contributed by atoms with Crippen LogP contribution < -0.4 is 5.73 Å². The van der Waals surface area contributed by atoms with Crippen LogP contribution in [0.2, 0.25) is 0 Å². The minimum Gasteiger partial charge on any atom is -0.383 e. The maximum absolute atomic E-state index is 6.25. The van der Waals surface area contributed by atoms with Gasteiger partial charge in [0.2, 0.25) is 0 Å². The number of aryl methyl sites for hydroxylation is 2. The predicted octanol–water partition coefficient (Wildman–Crippen LogP) is 3.60. The largest absolute Gasteiger partial charge is 0.383 e. The molecule has 2 rings (SSSR count). The van der Waals surface area contributed by atoms with Crippen molar-refractivity contribution in [2.45, 2.75) is 52.4 Å². The SMILES string of the molecule is CCCCCc1nc2cccc(CCC)n2c1N. The highest BCUT2D eigenvalue weighted by Crippen LogP contribution is 2.20. The van der Waals surface area contributed by atoms with Gasteiger partial charge >= 0.3 is 0 Å². The Balaban J connectivity index is 2.33. The summed E-state index contributed by atoms with van der Waals surface area (Å²) in [5.74, 6) is 0.838. The Morgan fingerprint density at radius 2 is 1.94 bits per heavy atom. The Morgan fingerprint density at radius 3 is 2.67 bits per heavy atom. The van der Waals surface area contributed by atoms with Crippen LogP contribution in [-0.2, 0) is 12.8 Å². The first-order valence-electron chi connectivity index (χ1n) is 7.02. The molecule has 18 heavy (non-hydrogen) atoms. The lowest BCUT2D eigenvalue weighted by atomic mass is 10.1. The van der Waals surface area contributed by atoms with Crippen molar-refractivity contribution in [1.82, 2.24) is 9.38 Å². The minimum atomic E-state index is 0.838. The number of hydrogen-bond acceptors (Lipinski definition) is 2. The first kappa shape index (κ1) is 12.9. The third-order valence-corrected chi connectivity index (χ3v) is 3.36. The number of pyridine rings is 1. The molecule has 3 nitrogen and oxygen atoms in total. The molecule has 2 heterocycles. The maximum atomic E-state index is 6.25. The second kappa shape index (κ2) is 5.89. The van der Waals surface area contributed by atoms with Crippen molar-refractivity contribution in [3.05, 3.63) is 29.6 Å². The van der Waals surface area contributed by atoms with E-state index >= 15 is 0 Å². The second-order valence-corrected chi connectivity index (χ2v) is 4.86. The van der Waals surface area contributed by atoms with E-state index in [1.165, 1.54) is 25.0 Å². The van der Waals surface area contributed by atoms with Crippen molar-refractivity contribution in [2.75, 3.05) is 5.73 Å². The molecule has 0 saturated carbocycles. The Bertz CT molecular complexity index is 514. The van der Waals surface area contributed by atoms with Gasteiger partial charge in [0.05, 0.1) is 5.69 Å². The molecule has 0 aromatic carbocycles. The molecule has 98 valence electrons. The highest BCUT2D eigenvalue weighted by molar-refractivity contribution is 5.54. The molecule has 0 spiro atoms.